The van der Waals surface area contributed by atoms with Gasteiger partial charge in [-0.05, 0) is 78.9 Å². The number of sulfonamides is 1. The molecule has 1 aliphatic rings. The molecule has 1 aliphatic heterocycles. The van der Waals surface area contributed by atoms with Gasteiger partial charge in [0.05, 0.1) is 4.90 Å². The first kappa shape index (κ1) is 21.9. The second kappa shape index (κ2) is 9.04. The van der Waals surface area contributed by atoms with E-state index in [1.54, 1.807) is 29.2 Å². The van der Waals surface area contributed by atoms with Crippen LogP contribution in [-0.4, -0.2) is 32.4 Å². The quantitative estimate of drug-likeness (QED) is 0.614. The van der Waals surface area contributed by atoms with E-state index in [0.717, 1.165) is 23.1 Å². The summed E-state index contributed by atoms with van der Waals surface area (Å²) in [6.07, 6.45) is 0.835. The van der Waals surface area contributed by atoms with Crippen molar-refractivity contribution in [2.24, 2.45) is 0 Å². The van der Waals surface area contributed by atoms with Crippen LogP contribution in [0.1, 0.15) is 22.3 Å². The third-order valence-corrected chi connectivity index (χ3v) is 6.85. The van der Waals surface area contributed by atoms with Crippen LogP contribution < -0.4 is 9.46 Å². The van der Waals surface area contributed by atoms with Gasteiger partial charge in [-0.1, -0.05) is 30.3 Å². The average Bonchev–Trinajstić information content (AvgIpc) is 2.76. The van der Waals surface area contributed by atoms with Crippen molar-refractivity contribution in [2.75, 3.05) is 17.9 Å². The number of nitrogens with zero attached hydrogens (tertiary/aromatic N) is 1. The summed E-state index contributed by atoms with van der Waals surface area (Å²) >= 11 is 0. The SMILES string of the molecule is Cc1cc(C)cc(NS(=O)(=O)c2ccc(OCC(=O)N3CCc4ccccc4C3)cc2)c1. The van der Waals surface area contributed by atoms with Gasteiger partial charge in [-0.15, -0.1) is 0 Å². The van der Waals surface area contributed by atoms with Crippen molar-refractivity contribution in [3.05, 3.63) is 89.0 Å². The predicted molar refractivity (Wildman–Crippen MR) is 124 cm³/mol. The van der Waals surface area contributed by atoms with E-state index < -0.39 is 10.0 Å². The largest absolute Gasteiger partial charge is 0.484 e. The van der Waals surface area contributed by atoms with Gasteiger partial charge in [-0.3, -0.25) is 9.52 Å². The molecule has 1 amide bonds. The van der Waals surface area contributed by atoms with Crippen LogP contribution in [0.4, 0.5) is 5.69 Å². The fourth-order valence-electron chi connectivity index (χ4n) is 3.91. The molecule has 4 rings (SSSR count). The molecular weight excluding hydrogens is 424 g/mol. The van der Waals surface area contributed by atoms with Crippen LogP contribution in [0, 0.1) is 13.8 Å². The topological polar surface area (TPSA) is 75.7 Å². The molecule has 1 N–H and O–H groups in total. The van der Waals surface area contributed by atoms with Gasteiger partial charge in [-0.2, -0.15) is 0 Å². The van der Waals surface area contributed by atoms with Crippen molar-refractivity contribution in [3.63, 3.8) is 0 Å². The lowest BCUT2D eigenvalue weighted by molar-refractivity contribution is -0.134. The van der Waals surface area contributed by atoms with Gasteiger partial charge in [0.1, 0.15) is 5.75 Å². The van der Waals surface area contributed by atoms with E-state index in [4.69, 9.17) is 4.74 Å². The summed E-state index contributed by atoms with van der Waals surface area (Å²) in [5.41, 5.74) is 4.93. The lowest BCUT2D eigenvalue weighted by Crippen LogP contribution is -2.38. The minimum atomic E-state index is -3.72. The van der Waals surface area contributed by atoms with Crippen molar-refractivity contribution in [1.29, 1.82) is 0 Å². The molecule has 7 heteroatoms. The molecule has 0 saturated carbocycles. The zero-order chi connectivity index (χ0) is 22.7. The normalized spacial score (nSPS) is 13.4. The predicted octanol–water partition coefficient (Wildman–Crippen LogP) is 4.07. The molecule has 0 unspecified atom stereocenters. The Morgan fingerprint density at radius 2 is 1.62 bits per heavy atom. The first-order chi connectivity index (χ1) is 15.3. The smallest absolute Gasteiger partial charge is 0.261 e. The molecule has 3 aromatic carbocycles. The molecule has 6 nitrogen and oxygen atoms in total. The highest BCUT2D eigenvalue weighted by Gasteiger charge is 2.21. The van der Waals surface area contributed by atoms with E-state index in [2.05, 4.69) is 10.8 Å². The average molecular weight is 451 g/mol. The van der Waals surface area contributed by atoms with Crippen LogP contribution in [0.5, 0.6) is 5.75 Å². The molecule has 32 heavy (non-hydrogen) atoms. The minimum absolute atomic E-state index is 0.0882. The van der Waals surface area contributed by atoms with Gasteiger partial charge >= 0.3 is 0 Å². The van der Waals surface area contributed by atoms with Gasteiger partial charge in [0, 0.05) is 18.8 Å². The number of aryl methyl sites for hydroxylation is 2. The molecule has 166 valence electrons. The molecular formula is C25H26N2O4S. The van der Waals surface area contributed by atoms with Crippen LogP contribution in [0.25, 0.3) is 0 Å². The molecule has 0 fully saturated rings. The maximum Gasteiger partial charge on any atom is 0.261 e. The van der Waals surface area contributed by atoms with E-state index in [9.17, 15) is 13.2 Å². The summed E-state index contributed by atoms with van der Waals surface area (Å²) in [4.78, 5) is 14.5. The third-order valence-electron chi connectivity index (χ3n) is 5.45. The molecule has 0 bridgehead atoms. The molecule has 0 atom stereocenters. The van der Waals surface area contributed by atoms with Crippen LogP contribution in [0.15, 0.2) is 71.6 Å². The standard InChI is InChI=1S/C25H26N2O4S/c1-18-13-19(2)15-22(14-18)26-32(29,30)24-9-7-23(8-10-24)31-17-25(28)27-12-11-20-5-3-4-6-21(20)16-27/h3-10,13-15,26H,11-12,16-17H2,1-2H3. The van der Waals surface area contributed by atoms with E-state index in [1.165, 1.54) is 17.7 Å². The summed E-state index contributed by atoms with van der Waals surface area (Å²) in [7, 11) is -3.72. The molecule has 0 radical (unpaired) electrons. The Hall–Kier alpha value is -3.32. The van der Waals surface area contributed by atoms with Crippen LogP contribution in [0.2, 0.25) is 0 Å². The van der Waals surface area contributed by atoms with E-state index in [-0.39, 0.29) is 17.4 Å². The number of fused-ring (bicyclic) bond motifs is 1. The number of carbonyl (C=O) groups is 1. The fraction of sp³-hybridized carbons (Fsp3) is 0.240. The van der Waals surface area contributed by atoms with Crippen LogP contribution in [0.3, 0.4) is 0 Å². The van der Waals surface area contributed by atoms with Crippen LogP contribution in [-0.2, 0) is 27.8 Å². The molecule has 0 aromatic heterocycles. The molecule has 0 spiro atoms. The Balaban J connectivity index is 1.36. The number of carbonyl (C=O) groups excluding carboxylic acids is 1. The Kier molecular flexibility index (Phi) is 6.19. The van der Waals surface area contributed by atoms with Crippen molar-refractivity contribution < 1.29 is 17.9 Å². The molecule has 3 aromatic rings. The number of anilines is 1. The van der Waals surface area contributed by atoms with Gasteiger partial charge in [0.15, 0.2) is 6.61 Å². The second-order valence-electron chi connectivity index (χ2n) is 8.08. The van der Waals surface area contributed by atoms with Crippen molar-refractivity contribution in [2.45, 2.75) is 31.7 Å². The zero-order valence-electron chi connectivity index (χ0n) is 18.2. The van der Waals surface area contributed by atoms with E-state index in [0.29, 0.717) is 24.5 Å². The Bertz CT molecular complexity index is 1220. The second-order valence-corrected chi connectivity index (χ2v) is 9.76. The first-order valence-corrected chi connectivity index (χ1v) is 12.0. The summed E-state index contributed by atoms with van der Waals surface area (Å²) in [5, 5.41) is 0. The van der Waals surface area contributed by atoms with Crippen molar-refractivity contribution in [3.8, 4) is 5.75 Å². The maximum absolute atomic E-state index is 12.7. The number of nitrogens with one attached hydrogen (secondary N) is 1. The highest BCUT2D eigenvalue weighted by molar-refractivity contribution is 7.92. The monoisotopic (exact) mass is 450 g/mol. The van der Waals surface area contributed by atoms with E-state index >= 15 is 0 Å². The highest BCUT2D eigenvalue weighted by atomic mass is 32.2. The molecule has 0 saturated heterocycles. The minimum Gasteiger partial charge on any atom is -0.484 e. The number of hydrogen-bond acceptors (Lipinski definition) is 4. The lowest BCUT2D eigenvalue weighted by Gasteiger charge is -2.28. The Morgan fingerprint density at radius 1 is 0.969 bits per heavy atom. The highest BCUT2D eigenvalue weighted by Crippen LogP contribution is 2.22. The maximum atomic E-state index is 12.7. The van der Waals surface area contributed by atoms with Gasteiger partial charge in [0.2, 0.25) is 0 Å². The number of hydrogen-bond donors (Lipinski definition) is 1. The molecule has 0 aliphatic carbocycles. The Morgan fingerprint density at radius 3 is 2.31 bits per heavy atom. The summed E-state index contributed by atoms with van der Waals surface area (Å²) < 4.78 is 33.6. The van der Waals surface area contributed by atoms with Gasteiger partial charge in [0.25, 0.3) is 15.9 Å². The van der Waals surface area contributed by atoms with Crippen molar-refractivity contribution in [1.82, 2.24) is 4.90 Å². The summed E-state index contributed by atoms with van der Waals surface area (Å²) in [6, 6.07) is 19.8. The summed E-state index contributed by atoms with van der Waals surface area (Å²) in [6.45, 7) is 5.00. The Labute approximate surface area is 188 Å². The van der Waals surface area contributed by atoms with Crippen LogP contribution >= 0.6 is 0 Å². The van der Waals surface area contributed by atoms with E-state index in [1.807, 2.05) is 38.1 Å². The zero-order valence-corrected chi connectivity index (χ0v) is 19.0. The lowest BCUT2D eigenvalue weighted by atomic mass is 10.00. The third kappa shape index (κ3) is 5.11. The summed E-state index contributed by atoms with van der Waals surface area (Å²) in [5.74, 6) is 0.355. The number of amides is 1. The number of benzene rings is 3. The number of rotatable bonds is 6. The number of ether oxygens (including phenoxy) is 1. The first-order valence-electron chi connectivity index (χ1n) is 10.5. The van der Waals surface area contributed by atoms with Gasteiger partial charge in [-0.25, -0.2) is 8.42 Å². The molecule has 1 heterocycles. The van der Waals surface area contributed by atoms with Gasteiger partial charge < -0.3 is 9.64 Å². The van der Waals surface area contributed by atoms with Crippen molar-refractivity contribution >= 4 is 21.6 Å². The fourth-order valence-corrected chi connectivity index (χ4v) is 4.95.